The van der Waals surface area contributed by atoms with E-state index in [4.69, 9.17) is 23.2 Å². The van der Waals surface area contributed by atoms with Gasteiger partial charge in [-0.2, -0.15) is 0 Å². The second-order valence-electron chi connectivity index (χ2n) is 4.71. The SMILES string of the molecule is Cc1cc(Cl)nc(Cl)c1NC1CCc2cccnc21. The number of pyridine rings is 2. The van der Waals surface area contributed by atoms with E-state index in [-0.39, 0.29) is 6.04 Å². The van der Waals surface area contributed by atoms with Crippen molar-refractivity contribution in [3.8, 4) is 0 Å². The highest BCUT2D eigenvalue weighted by atomic mass is 35.5. The van der Waals surface area contributed by atoms with Crippen LogP contribution in [-0.4, -0.2) is 9.97 Å². The Morgan fingerprint density at radius 3 is 3.00 bits per heavy atom. The fraction of sp³-hybridized carbons (Fsp3) is 0.286. The molecule has 0 aliphatic heterocycles. The molecule has 2 aromatic heterocycles. The first-order chi connectivity index (χ1) is 9.15. The van der Waals surface area contributed by atoms with Crippen molar-refractivity contribution in [1.82, 2.24) is 9.97 Å². The molecular weight excluding hydrogens is 281 g/mol. The van der Waals surface area contributed by atoms with Gasteiger partial charge < -0.3 is 5.32 Å². The van der Waals surface area contributed by atoms with Gasteiger partial charge in [-0.3, -0.25) is 4.98 Å². The lowest BCUT2D eigenvalue weighted by Crippen LogP contribution is -2.10. The molecule has 3 rings (SSSR count). The zero-order valence-corrected chi connectivity index (χ0v) is 12.0. The predicted molar refractivity (Wildman–Crippen MR) is 77.9 cm³/mol. The molecule has 0 radical (unpaired) electrons. The average Bonchev–Trinajstić information content (AvgIpc) is 2.77. The van der Waals surface area contributed by atoms with E-state index in [9.17, 15) is 0 Å². The Bertz CT molecular complexity index is 605. The van der Waals surface area contributed by atoms with E-state index in [0.717, 1.165) is 29.8 Å². The maximum Gasteiger partial charge on any atom is 0.154 e. The molecular formula is C14H13Cl2N3. The Balaban J connectivity index is 1.92. The molecule has 19 heavy (non-hydrogen) atoms. The fourth-order valence-corrected chi connectivity index (χ4v) is 3.08. The van der Waals surface area contributed by atoms with Crippen LogP contribution in [0, 0.1) is 6.92 Å². The van der Waals surface area contributed by atoms with Crippen LogP contribution in [-0.2, 0) is 6.42 Å². The smallest absolute Gasteiger partial charge is 0.154 e. The van der Waals surface area contributed by atoms with Crippen molar-refractivity contribution in [3.63, 3.8) is 0 Å². The van der Waals surface area contributed by atoms with Crippen molar-refractivity contribution in [3.05, 3.63) is 51.5 Å². The van der Waals surface area contributed by atoms with E-state index in [1.165, 1.54) is 5.56 Å². The van der Waals surface area contributed by atoms with Gasteiger partial charge in [0.1, 0.15) is 5.15 Å². The third-order valence-electron chi connectivity index (χ3n) is 3.42. The van der Waals surface area contributed by atoms with Gasteiger partial charge in [-0.05, 0) is 43.0 Å². The van der Waals surface area contributed by atoms with E-state index in [2.05, 4.69) is 21.4 Å². The summed E-state index contributed by atoms with van der Waals surface area (Å²) in [6, 6.07) is 6.10. The Morgan fingerprint density at radius 2 is 2.21 bits per heavy atom. The highest BCUT2D eigenvalue weighted by molar-refractivity contribution is 6.34. The van der Waals surface area contributed by atoms with Crippen LogP contribution in [0.4, 0.5) is 5.69 Å². The van der Waals surface area contributed by atoms with Crippen LogP contribution in [0.3, 0.4) is 0 Å². The van der Waals surface area contributed by atoms with Crippen molar-refractivity contribution in [2.24, 2.45) is 0 Å². The number of nitrogens with zero attached hydrogens (tertiary/aromatic N) is 2. The number of hydrogen-bond acceptors (Lipinski definition) is 3. The molecule has 1 atom stereocenters. The maximum absolute atomic E-state index is 6.16. The van der Waals surface area contributed by atoms with Crippen LogP contribution in [0.15, 0.2) is 24.4 Å². The molecule has 98 valence electrons. The second-order valence-corrected chi connectivity index (χ2v) is 5.46. The summed E-state index contributed by atoms with van der Waals surface area (Å²) in [5, 5.41) is 4.27. The summed E-state index contributed by atoms with van der Waals surface area (Å²) in [4.78, 5) is 8.54. The van der Waals surface area contributed by atoms with E-state index >= 15 is 0 Å². The quantitative estimate of drug-likeness (QED) is 0.844. The molecule has 0 bridgehead atoms. The molecule has 0 spiro atoms. The number of anilines is 1. The molecule has 1 N–H and O–H groups in total. The minimum atomic E-state index is 0.190. The molecule has 5 heteroatoms. The summed E-state index contributed by atoms with van der Waals surface area (Å²) in [5.41, 5.74) is 4.24. The van der Waals surface area contributed by atoms with Crippen LogP contribution in [0.5, 0.6) is 0 Å². The van der Waals surface area contributed by atoms with Gasteiger partial charge in [0.25, 0.3) is 0 Å². The first-order valence-electron chi connectivity index (χ1n) is 6.18. The molecule has 1 aliphatic carbocycles. The molecule has 0 saturated heterocycles. The largest absolute Gasteiger partial charge is 0.374 e. The van der Waals surface area contributed by atoms with E-state index < -0.39 is 0 Å². The molecule has 0 aromatic carbocycles. The normalized spacial score (nSPS) is 17.3. The summed E-state index contributed by atoms with van der Waals surface area (Å²) < 4.78 is 0. The van der Waals surface area contributed by atoms with Gasteiger partial charge in [0.15, 0.2) is 5.15 Å². The van der Waals surface area contributed by atoms with Crippen LogP contribution >= 0.6 is 23.2 Å². The van der Waals surface area contributed by atoms with Gasteiger partial charge in [-0.1, -0.05) is 29.3 Å². The fourth-order valence-electron chi connectivity index (χ4n) is 2.50. The Labute approximate surface area is 122 Å². The van der Waals surface area contributed by atoms with Gasteiger partial charge in [0, 0.05) is 6.20 Å². The van der Waals surface area contributed by atoms with E-state index in [0.29, 0.717) is 10.3 Å². The third-order valence-corrected chi connectivity index (χ3v) is 3.89. The molecule has 0 fully saturated rings. The van der Waals surface area contributed by atoms with Crippen molar-refractivity contribution in [1.29, 1.82) is 0 Å². The number of aryl methyl sites for hydroxylation is 2. The number of rotatable bonds is 2. The maximum atomic E-state index is 6.16. The van der Waals surface area contributed by atoms with E-state index in [1.54, 1.807) is 0 Å². The first kappa shape index (κ1) is 12.7. The lowest BCUT2D eigenvalue weighted by molar-refractivity contribution is 0.744. The van der Waals surface area contributed by atoms with Gasteiger partial charge in [-0.25, -0.2) is 4.98 Å². The summed E-state index contributed by atoms with van der Waals surface area (Å²) in [6.07, 6.45) is 3.89. The second kappa shape index (κ2) is 4.99. The Hall–Kier alpha value is -1.32. The number of hydrogen-bond donors (Lipinski definition) is 1. The summed E-state index contributed by atoms with van der Waals surface area (Å²) in [7, 11) is 0. The van der Waals surface area contributed by atoms with Gasteiger partial charge in [-0.15, -0.1) is 0 Å². The molecule has 1 aliphatic rings. The molecule has 0 amide bonds. The number of halogens is 2. The number of nitrogens with one attached hydrogen (secondary N) is 1. The first-order valence-corrected chi connectivity index (χ1v) is 6.93. The van der Waals surface area contributed by atoms with Crippen molar-refractivity contribution < 1.29 is 0 Å². The lowest BCUT2D eigenvalue weighted by atomic mass is 10.2. The Morgan fingerprint density at radius 1 is 1.37 bits per heavy atom. The van der Waals surface area contributed by atoms with Crippen LogP contribution < -0.4 is 5.32 Å². The van der Waals surface area contributed by atoms with Crippen molar-refractivity contribution >= 4 is 28.9 Å². The zero-order chi connectivity index (χ0) is 13.4. The van der Waals surface area contributed by atoms with Crippen LogP contribution in [0.2, 0.25) is 10.3 Å². The highest BCUT2D eigenvalue weighted by Crippen LogP contribution is 2.35. The molecule has 3 nitrogen and oxygen atoms in total. The number of fused-ring (bicyclic) bond motifs is 1. The van der Waals surface area contributed by atoms with Crippen LogP contribution in [0.1, 0.15) is 29.3 Å². The minimum absolute atomic E-state index is 0.190. The third kappa shape index (κ3) is 2.40. The summed E-state index contributed by atoms with van der Waals surface area (Å²) >= 11 is 12.0. The number of aromatic nitrogens is 2. The predicted octanol–water partition coefficient (Wildman–Crippen LogP) is 4.19. The van der Waals surface area contributed by atoms with Crippen LogP contribution in [0.25, 0.3) is 0 Å². The Kier molecular flexibility index (Phi) is 3.33. The summed E-state index contributed by atoms with van der Waals surface area (Å²) in [5.74, 6) is 0. The standard InChI is InChI=1S/C14H13Cl2N3/c1-8-7-11(15)19-14(16)12(8)18-10-5-4-9-3-2-6-17-13(9)10/h2-3,6-7,10,18H,4-5H2,1H3. The van der Waals surface area contributed by atoms with E-state index in [1.807, 2.05) is 25.3 Å². The minimum Gasteiger partial charge on any atom is -0.374 e. The molecule has 0 saturated carbocycles. The average molecular weight is 294 g/mol. The molecule has 2 aromatic rings. The van der Waals surface area contributed by atoms with Gasteiger partial charge in [0.2, 0.25) is 0 Å². The highest BCUT2D eigenvalue weighted by Gasteiger charge is 2.24. The van der Waals surface area contributed by atoms with Gasteiger partial charge in [0.05, 0.1) is 17.4 Å². The van der Waals surface area contributed by atoms with Crippen molar-refractivity contribution in [2.45, 2.75) is 25.8 Å². The van der Waals surface area contributed by atoms with Crippen molar-refractivity contribution in [2.75, 3.05) is 5.32 Å². The lowest BCUT2D eigenvalue weighted by Gasteiger charge is -2.17. The summed E-state index contributed by atoms with van der Waals surface area (Å²) in [6.45, 7) is 1.97. The topological polar surface area (TPSA) is 37.8 Å². The molecule has 1 unspecified atom stereocenters. The monoisotopic (exact) mass is 293 g/mol. The zero-order valence-electron chi connectivity index (χ0n) is 10.5. The van der Waals surface area contributed by atoms with Gasteiger partial charge >= 0.3 is 0 Å². The molecule has 2 heterocycles.